The molecule has 0 spiro atoms. The number of para-hydroxylation sites is 2. The third kappa shape index (κ3) is 2.98. The quantitative estimate of drug-likeness (QED) is 0.798. The molecule has 0 fully saturated rings. The molecule has 3 rings (SSSR count). The second-order valence-corrected chi connectivity index (χ2v) is 6.12. The fraction of sp³-hybridized carbons (Fsp3) is 0.294. The topological polar surface area (TPSA) is 69.3 Å². The number of benzene rings is 1. The van der Waals surface area contributed by atoms with Gasteiger partial charge < -0.3 is 9.84 Å². The Morgan fingerprint density at radius 2 is 1.87 bits per heavy atom. The lowest BCUT2D eigenvalue weighted by molar-refractivity contribution is 0.0268. The first-order valence-corrected chi connectivity index (χ1v) is 7.35. The Balaban J connectivity index is 1.97. The Morgan fingerprint density at radius 1 is 1.17 bits per heavy atom. The van der Waals surface area contributed by atoms with Crippen molar-refractivity contribution in [3.8, 4) is 11.6 Å². The molecule has 0 aliphatic rings. The van der Waals surface area contributed by atoms with E-state index in [-0.39, 0.29) is 12.3 Å². The van der Waals surface area contributed by atoms with E-state index in [9.17, 15) is 9.90 Å². The predicted molar refractivity (Wildman–Crippen MR) is 88.1 cm³/mol. The zero-order valence-corrected chi connectivity index (χ0v) is 13.4. The average molecular weight is 313 g/mol. The molecule has 23 heavy (non-hydrogen) atoms. The van der Waals surface area contributed by atoms with Crippen molar-refractivity contribution < 1.29 is 9.84 Å². The Kier molecular flexibility index (Phi) is 3.69. The van der Waals surface area contributed by atoms with Crippen molar-refractivity contribution in [1.82, 2.24) is 14.1 Å². The van der Waals surface area contributed by atoms with Crippen LogP contribution in [-0.2, 0) is 7.05 Å². The molecule has 6 heteroatoms. The number of rotatable bonds is 4. The molecule has 0 amide bonds. The summed E-state index contributed by atoms with van der Waals surface area (Å²) in [6.45, 7) is 3.47. The van der Waals surface area contributed by atoms with Crippen LogP contribution in [0.2, 0.25) is 0 Å². The van der Waals surface area contributed by atoms with Gasteiger partial charge in [0.2, 0.25) is 5.88 Å². The molecule has 1 N–H and O–H groups in total. The highest BCUT2D eigenvalue weighted by Gasteiger charge is 2.15. The minimum atomic E-state index is -0.924. The van der Waals surface area contributed by atoms with E-state index in [0.29, 0.717) is 11.6 Å². The van der Waals surface area contributed by atoms with Crippen molar-refractivity contribution in [2.24, 2.45) is 7.05 Å². The molecule has 6 nitrogen and oxygen atoms in total. The Bertz CT molecular complexity index is 886. The predicted octanol–water partition coefficient (Wildman–Crippen LogP) is 1.87. The van der Waals surface area contributed by atoms with Crippen LogP contribution in [0.25, 0.3) is 16.7 Å². The molecular formula is C17H19N3O3. The Labute approximate surface area is 133 Å². The van der Waals surface area contributed by atoms with Crippen LogP contribution in [0.1, 0.15) is 13.8 Å². The van der Waals surface area contributed by atoms with Crippen LogP contribution >= 0.6 is 0 Å². The summed E-state index contributed by atoms with van der Waals surface area (Å²) in [5, 5.41) is 9.67. The van der Waals surface area contributed by atoms with Crippen molar-refractivity contribution in [2.45, 2.75) is 19.4 Å². The molecule has 0 aliphatic heterocycles. The van der Waals surface area contributed by atoms with Gasteiger partial charge in [-0.15, -0.1) is 0 Å². The van der Waals surface area contributed by atoms with Crippen molar-refractivity contribution in [3.05, 3.63) is 53.1 Å². The maximum absolute atomic E-state index is 12.5. The van der Waals surface area contributed by atoms with Crippen molar-refractivity contribution in [1.29, 1.82) is 0 Å². The van der Waals surface area contributed by atoms with E-state index in [1.54, 1.807) is 48.4 Å². The molecule has 0 atom stereocenters. The SMILES string of the molecule is Cn1c(=O)n(-c2ccc(OCC(C)(C)O)nc2)c2ccccc21. The zero-order chi connectivity index (χ0) is 16.6. The van der Waals surface area contributed by atoms with Crippen LogP contribution in [0.4, 0.5) is 0 Å². The maximum atomic E-state index is 12.5. The van der Waals surface area contributed by atoms with Gasteiger partial charge in [-0.1, -0.05) is 12.1 Å². The van der Waals surface area contributed by atoms with Gasteiger partial charge in [0, 0.05) is 13.1 Å². The standard InChI is InChI=1S/C17H19N3O3/c1-17(2,22)11-23-15-9-8-12(10-18-15)20-14-7-5-4-6-13(14)19(3)16(20)21/h4-10,22H,11H2,1-3H3. The number of hydrogen-bond donors (Lipinski definition) is 1. The zero-order valence-electron chi connectivity index (χ0n) is 13.4. The molecule has 0 aliphatic carbocycles. The molecular weight excluding hydrogens is 294 g/mol. The average Bonchev–Trinajstić information content (AvgIpc) is 2.77. The van der Waals surface area contributed by atoms with Gasteiger partial charge in [0.1, 0.15) is 6.61 Å². The molecule has 1 aromatic carbocycles. The summed E-state index contributed by atoms with van der Waals surface area (Å²) in [5.41, 5.74) is 1.31. The van der Waals surface area contributed by atoms with E-state index in [4.69, 9.17) is 4.74 Å². The lowest BCUT2D eigenvalue weighted by Crippen LogP contribution is -2.28. The Hall–Kier alpha value is -2.60. The summed E-state index contributed by atoms with van der Waals surface area (Å²) in [6.07, 6.45) is 1.59. The van der Waals surface area contributed by atoms with E-state index in [2.05, 4.69) is 4.98 Å². The summed E-state index contributed by atoms with van der Waals surface area (Å²) in [6, 6.07) is 11.1. The number of aromatic nitrogens is 3. The third-order valence-corrected chi connectivity index (χ3v) is 3.51. The molecule has 0 unspecified atom stereocenters. The number of imidazole rings is 1. The maximum Gasteiger partial charge on any atom is 0.333 e. The number of hydrogen-bond acceptors (Lipinski definition) is 4. The summed E-state index contributed by atoms with van der Waals surface area (Å²) in [7, 11) is 1.75. The van der Waals surface area contributed by atoms with Gasteiger partial charge in [-0.05, 0) is 32.0 Å². The molecule has 0 saturated heterocycles. The van der Waals surface area contributed by atoms with Crippen molar-refractivity contribution in [2.75, 3.05) is 6.61 Å². The normalized spacial score (nSPS) is 11.8. The van der Waals surface area contributed by atoms with Crippen LogP contribution < -0.4 is 10.4 Å². The fourth-order valence-corrected chi connectivity index (χ4v) is 2.38. The highest BCUT2D eigenvalue weighted by molar-refractivity contribution is 5.77. The summed E-state index contributed by atoms with van der Waals surface area (Å²) < 4.78 is 8.65. The number of aryl methyl sites for hydroxylation is 1. The molecule has 2 aromatic heterocycles. The van der Waals surface area contributed by atoms with E-state index in [1.807, 2.05) is 24.3 Å². The largest absolute Gasteiger partial charge is 0.475 e. The summed E-state index contributed by atoms with van der Waals surface area (Å²) in [4.78, 5) is 16.7. The van der Waals surface area contributed by atoms with Crippen LogP contribution in [0.15, 0.2) is 47.4 Å². The first kappa shape index (κ1) is 15.3. The van der Waals surface area contributed by atoms with E-state index < -0.39 is 5.60 Å². The second kappa shape index (κ2) is 5.55. The van der Waals surface area contributed by atoms with Gasteiger partial charge in [-0.2, -0.15) is 0 Å². The lowest BCUT2D eigenvalue weighted by atomic mass is 10.2. The Morgan fingerprint density at radius 3 is 2.48 bits per heavy atom. The number of ether oxygens (including phenoxy) is 1. The third-order valence-electron chi connectivity index (χ3n) is 3.51. The number of fused-ring (bicyclic) bond motifs is 1. The molecule has 0 bridgehead atoms. The van der Waals surface area contributed by atoms with Crippen molar-refractivity contribution in [3.63, 3.8) is 0 Å². The smallest absolute Gasteiger partial charge is 0.333 e. The van der Waals surface area contributed by atoms with Gasteiger partial charge in [0.25, 0.3) is 0 Å². The monoisotopic (exact) mass is 313 g/mol. The van der Waals surface area contributed by atoms with Crippen LogP contribution in [-0.4, -0.2) is 31.4 Å². The number of nitrogens with zero attached hydrogens (tertiary/aromatic N) is 3. The molecule has 0 saturated carbocycles. The highest BCUT2D eigenvalue weighted by Crippen LogP contribution is 2.18. The highest BCUT2D eigenvalue weighted by atomic mass is 16.5. The molecule has 120 valence electrons. The molecule has 2 heterocycles. The molecule has 3 aromatic rings. The first-order chi connectivity index (χ1) is 10.9. The minimum absolute atomic E-state index is 0.127. The number of aliphatic hydroxyl groups is 1. The van der Waals surface area contributed by atoms with E-state index in [0.717, 1.165) is 11.0 Å². The summed E-state index contributed by atoms with van der Waals surface area (Å²) in [5.74, 6) is 0.407. The van der Waals surface area contributed by atoms with Gasteiger partial charge in [0.15, 0.2) is 0 Å². The lowest BCUT2D eigenvalue weighted by Gasteiger charge is -2.17. The van der Waals surface area contributed by atoms with Crippen LogP contribution in [0, 0.1) is 0 Å². The fourth-order valence-electron chi connectivity index (χ4n) is 2.38. The van der Waals surface area contributed by atoms with Crippen molar-refractivity contribution >= 4 is 11.0 Å². The first-order valence-electron chi connectivity index (χ1n) is 7.35. The second-order valence-electron chi connectivity index (χ2n) is 6.12. The number of pyridine rings is 1. The van der Waals surface area contributed by atoms with Crippen LogP contribution in [0.5, 0.6) is 5.88 Å². The van der Waals surface area contributed by atoms with Crippen LogP contribution in [0.3, 0.4) is 0 Å². The van der Waals surface area contributed by atoms with Gasteiger partial charge in [0.05, 0.1) is 28.5 Å². The minimum Gasteiger partial charge on any atom is -0.475 e. The summed E-state index contributed by atoms with van der Waals surface area (Å²) >= 11 is 0. The van der Waals surface area contributed by atoms with Gasteiger partial charge in [-0.25, -0.2) is 9.78 Å². The van der Waals surface area contributed by atoms with Gasteiger partial charge in [-0.3, -0.25) is 9.13 Å². The van der Waals surface area contributed by atoms with E-state index >= 15 is 0 Å². The van der Waals surface area contributed by atoms with Gasteiger partial charge >= 0.3 is 5.69 Å². The molecule has 0 radical (unpaired) electrons. The van der Waals surface area contributed by atoms with E-state index in [1.165, 1.54) is 0 Å².